The van der Waals surface area contributed by atoms with Gasteiger partial charge in [0.1, 0.15) is 0 Å². The molecule has 84 valence electrons. The minimum atomic E-state index is -0.712. The maximum Gasteiger partial charge on any atom is 0.307 e. The van der Waals surface area contributed by atoms with Crippen molar-refractivity contribution in [2.45, 2.75) is 51.9 Å². The van der Waals surface area contributed by atoms with Gasteiger partial charge < -0.3 is 5.11 Å². The van der Waals surface area contributed by atoms with E-state index in [0.29, 0.717) is 0 Å². The first-order chi connectivity index (χ1) is 7.22. The summed E-state index contributed by atoms with van der Waals surface area (Å²) in [4.78, 5) is 10.6. The summed E-state index contributed by atoms with van der Waals surface area (Å²) in [6, 6.07) is 0. The van der Waals surface area contributed by atoms with Gasteiger partial charge in [-0.2, -0.15) is 0 Å². The molecule has 2 nitrogen and oxygen atoms in total. The topological polar surface area (TPSA) is 37.3 Å². The minimum Gasteiger partial charge on any atom is -0.481 e. The molecule has 1 N–H and O–H groups in total. The largest absolute Gasteiger partial charge is 0.481 e. The first-order valence-electron chi connectivity index (χ1n) is 5.80. The SMILES string of the molecule is CCCCCC1=CCC=C(CC(=O)O)C1. The molecule has 1 aliphatic rings. The van der Waals surface area contributed by atoms with Crippen LogP contribution in [0.3, 0.4) is 0 Å². The van der Waals surface area contributed by atoms with Gasteiger partial charge in [-0.25, -0.2) is 0 Å². The highest BCUT2D eigenvalue weighted by atomic mass is 16.4. The number of rotatable bonds is 6. The van der Waals surface area contributed by atoms with Crippen LogP contribution in [0.5, 0.6) is 0 Å². The molecule has 1 aliphatic carbocycles. The molecule has 0 bridgehead atoms. The maximum absolute atomic E-state index is 10.6. The number of carboxylic acid groups (broad SMARTS) is 1. The average molecular weight is 208 g/mol. The Balaban J connectivity index is 2.31. The van der Waals surface area contributed by atoms with Gasteiger partial charge in [-0.05, 0) is 25.7 Å². The molecule has 0 fully saturated rings. The van der Waals surface area contributed by atoms with Crippen molar-refractivity contribution in [1.29, 1.82) is 0 Å². The lowest BCUT2D eigenvalue weighted by Gasteiger charge is -2.13. The van der Waals surface area contributed by atoms with Crippen LogP contribution in [0.1, 0.15) is 51.9 Å². The first kappa shape index (κ1) is 12.0. The maximum atomic E-state index is 10.6. The Kier molecular flexibility index (Phi) is 5.16. The van der Waals surface area contributed by atoms with Crippen LogP contribution in [-0.2, 0) is 4.79 Å². The molecule has 15 heavy (non-hydrogen) atoms. The van der Waals surface area contributed by atoms with E-state index in [-0.39, 0.29) is 6.42 Å². The monoisotopic (exact) mass is 208 g/mol. The number of aliphatic carboxylic acids is 1. The van der Waals surface area contributed by atoms with Gasteiger partial charge in [-0.1, -0.05) is 43.1 Å². The second-order valence-corrected chi connectivity index (χ2v) is 4.16. The molecule has 0 aliphatic heterocycles. The van der Waals surface area contributed by atoms with Crippen molar-refractivity contribution < 1.29 is 9.90 Å². The van der Waals surface area contributed by atoms with Gasteiger partial charge in [-0.15, -0.1) is 0 Å². The molecule has 0 spiro atoms. The summed E-state index contributed by atoms with van der Waals surface area (Å²) in [5.74, 6) is -0.712. The van der Waals surface area contributed by atoms with Crippen molar-refractivity contribution in [3.8, 4) is 0 Å². The van der Waals surface area contributed by atoms with Gasteiger partial charge in [-0.3, -0.25) is 4.79 Å². The summed E-state index contributed by atoms with van der Waals surface area (Å²) in [5.41, 5.74) is 2.51. The molecule has 0 aromatic rings. The number of carboxylic acids is 1. The number of unbranched alkanes of at least 4 members (excludes halogenated alkanes) is 2. The summed E-state index contributed by atoms with van der Waals surface area (Å²) in [6.45, 7) is 2.20. The number of hydrogen-bond donors (Lipinski definition) is 1. The predicted molar refractivity (Wildman–Crippen MR) is 61.8 cm³/mol. The van der Waals surface area contributed by atoms with Crippen molar-refractivity contribution in [2.24, 2.45) is 0 Å². The highest BCUT2D eigenvalue weighted by Crippen LogP contribution is 2.24. The zero-order valence-electron chi connectivity index (χ0n) is 9.46. The van der Waals surface area contributed by atoms with E-state index in [0.717, 1.165) is 24.8 Å². The Hall–Kier alpha value is -1.05. The van der Waals surface area contributed by atoms with Gasteiger partial charge in [0, 0.05) is 0 Å². The van der Waals surface area contributed by atoms with E-state index in [2.05, 4.69) is 19.1 Å². The molecule has 0 radical (unpaired) electrons. The average Bonchev–Trinajstić information content (AvgIpc) is 2.18. The Morgan fingerprint density at radius 2 is 2.07 bits per heavy atom. The van der Waals surface area contributed by atoms with Crippen molar-refractivity contribution in [3.63, 3.8) is 0 Å². The molecule has 1 rings (SSSR count). The molecular weight excluding hydrogens is 188 g/mol. The standard InChI is InChI=1S/C13H20O2/c1-2-3-4-6-11-7-5-8-12(9-11)10-13(14)15/h7-8H,2-6,9-10H2,1H3,(H,14,15). The Morgan fingerprint density at radius 3 is 2.73 bits per heavy atom. The van der Waals surface area contributed by atoms with E-state index in [9.17, 15) is 4.79 Å². The minimum absolute atomic E-state index is 0.213. The third kappa shape index (κ3) is 4.82. The van der Waals surface area contributed by atoms with E-state index in [1.54, 1.807) is 0 Å². The summed E-state index contributed by atoms with van der Waals surface area (Å²) < 4.78 is 0. The molecule has 0 amide bonds. The van der Waals surface area contributed by atoms with E-state index in [1.165, 1.54) is 24.8 Å². The van der Waals surface area contributed by atoms with Gasteiger partial charge in [0.15, 0.2) is 0 Å². The fourth-order valence-corrected chi connectivity index (χ4v) is 1.95. The van der Waals surface area contributed by atoms with Gasteiger partial charge >= 0.3 is 5.97 Å². The van der Waals surface area contributed by atoms with Crippen LogP contribution < -0.4 is 0 Å². The lowest BCUT2D eigenvalue weighted by atomic mass is 9.92. The fourth-order valence-electron chi connectivity index (χ4n) is 1.95. The molecule has 0 atom stereocenters. The van der Waals surface area contributed by atoms with Crippen LogP contribution in [0, 0.1) is 0 Å². The van der Waals surface area contributed by atoms with Gasteiger partial charge in [0.25, 0.3) is 0 Å². The zero-order chi connectivity index (χ0) is 11.1. The van der Waals surface area contributed by atoms with Crippen molar-refractivity contribution in [2.75, 3.05) is 0 Å². The summed E-state index contributed by atoms with van der Waals surface area (Å²) in [5, 5.41) is 8.71. The number of carbonyl (C=O) groups is 1. The quantitative estimate of drug-likeness (QED) is 0.534. The highest BCUT2D eigenvalue weighted by Gasteiger charge is 2.09. The second kappa shape index (κ2) is 6.44. The van der Waals surface area contributed by atoms with Crippen molar-refractivity contribution >= 4 is 5.97 Å². The van der Waals surface area contributed by atoms with E-state index in [1.807, 2.05) is 0 Å². The van der Waals surface area contributed by atoms with Crippen LogP contribution >= 0.6 is 0 Å². The third-order valence-electron chi connectivity index (χ3n) is 2.75. The van der Waals surface area contributed by atoms with E-state index in [4.69, 9.17) is 5.11 Å². The van der Waals surface area contributed by atoms with E-state index >= 15 is 0 Å². The lowest BCUT2D eigenvalue weighted by Crippen LogP contribution is -2.01. The van der Waals surface area contributed by atoms with Crippen LogP contribution in [0.25, 0.3) is 0 Å². The Morgan fingerprint density at radius 1 is 1.33 bits per heavy atom. The summed E-state index contributed by atoms with van der Waals surface area (Å²) >= 11 is 0. The molecule has 0 saturated heterocycles. The third-order valence-corrected chi connectivity index (χ3v) is 2.75. The smallest absolute Gasteiger partial charge is 0.307 e. The van der Waals surface area contributed by atoms with Gasteiger partial charge in [0.2, 0.25) is 0 Å². The highest BCUT2D eigenvalue weighted by molar-refractivity contribution is 5.70. The zero-order valence-corrected chi connectivity index (χ0v) is 9.46. The van der Waals surface area contributed by atoms with Crippen LogP contribution in [0.2, 0.25) is 0 Å². The van der Waals surface area contributed by atoms with Gasteiger partial charge in [0.05, 0.1) is 6.42 Å². The molecule has 0 aromatic heterocycles. The molecule has 2 heteroatoms. The first-order valence-corrected chi connectivity index (χ1v) is 5.80. The molecule has 0 unspecified atom stereocenters. The summed E-state index contributed by atoms with van der Waals surface area (Å²) in [7, 11) is 0. The molecule has 0 heterocycles. The summed E-state index contributed by atoms with van der Waals surface area (Å²) in [6.07, 6.45) is 11.2. The molecule has 0 saturated carbocycles. The van der Waals surface area contributed by atoms with Crippen LogP contribution in [-0.4, -0.2) is 11.1 Å². The fraction of sp³-hybridized carbons (Fsp3) is 0.615. The Labute approximate surface area is 91.7 Å². The van der Waals surface area contributed by atoms with Crippen molar-refractivity contribution in [3.05, 3.63) is 23.3 Å². The normalized spacial score (nSPS) is 15.8. The Bertz CT molecular complexity index is 274. The van der Waals surface area contributed by atoms with E-state index < -0.39 is 5.97 Å². The van der Waals surface area contributed by atoms with Crippen molar-refractivity contribution in [1.82, 2.24) is 0 Å². The van der Waals surface area contributed by atoms with Crippen LogP contribution in [0.4, 0.5) is 0 Å². The number of hydrogen-bond acceptors (Lipinski definition) is 1. The lowest BCUT2D eigenvalue weighted by molar-refractivity contribution is -0.136. The molecule has 0 aromatic carbocycles. The van der Waals surface area contributed by atoms with Crippen LogP contribution in [0.15, 0.2) is 23.3 Å². The number of allylic oxidation sites excluding steroid dienone is 3. The predicted octanol–water partition coefficient (Wildman–Crippen LogP) is 3.69. The second-order valence-electron chi connectivity index (χ2n) is 4.16. The molecular formula is C13H20O2.